The van der Waals surface area contributed by atoms with Gasteiger partial charge in [0.2, 0.25) is 0 Å². The molecule has 0 unspecified atom stereocenters. The van der Waals surface area contributed by atoms with Gasteiger partial charge in [-0.15, -0.1) is 0 Å². The van der Waals surface area contributed by atoms with E-state index in [1.807, 2.05) is 6.92 Å². The summed E-state index contributed by atoms with van der Waals surface area (Å²) >= 11 is 3.36. The molecule has 0 saturated heterocycles. The average molecular weight is 296 g/mol. The van der Waals surface area contributed by atoms with Gasteiger partial charge in [0.15, 0.2) is 0 Å². The van der Waals surface area contributed by atoms with Gasteiger partial charge >= 0.3 is 0 Å². The Morgan fingerprint density at radius 2 is 2.12 bits per heavy atom. The van der Waals surface area contributed by atoms with Crippen LogP contribution in [0.1, 0.15) is 5.56 Å². The van der Waals surface area contributed by atoms with E-state index < -0.39 is 0 Å². The summed E-state index contributed by atoms with van der Waals surface area (Å²) in [6.07, 6.45) is 3.21. The van der Waals surface area contributed by atoms with Crippen molar-refractivity contribution in [1.29, 1.82) is 0 Å². The van der Waals surface area contributed by atoms with Crippen molar-refractivity contribution in [2.24, 2.45) is 0 Å². The third-order valence-corrected chi connectivity index (χ3v) is 2.98. The number of benzene rings is 1. The van der Waals surface area contributed by atoms with Crippen LogP contribution in [0.25, 0.3) is 0 Å². The van der Waals surface area contributed by atoms with E-state index >= 15 is 0 Å². The molecule has 3 nitrogen and oxygen atoms in total. The zero-order valence-corrected chi connectivity index (χ0v) is 10.8. The Hall–Kier alpha value is -1.62. The standard InChI is InChI=1S/C12H11BrFN3/c1-7-4-8(14)2-3-11(7)17-12-9(13)5-16-6-10(12)15/h2-6H,15H2,1H3,(H,16,17). The van der Waals surface area contributed by atoms with E-state index in [-0.39, 0.29) is 5.82 Å². The van der Waals surface area contributed by atoms with Crippen LogP contribution in [0.2, 0.25) is 0 Å². The Morgan fingerprint density at radius 1 is 1.35 bits per heavy atom. The summed E-state index contributed by atoms with van der Waals surface area (Å²) in [6, 6.07) is 4.55. The van der Waals surface area contributed by atoms with E-state index in [1.165, 1.54) is 12.1 Å². The monoisotopic (exact) mass is 295 g/mol. The number of rotatable bonds is 2. The zero-order valence-electron chi connectivity index (χ0n) is 9.17. The number of halogens is 2. The van der Waals surface area contributed by atoms with Crippen LogP contribution in [0.15, 0.2) is 35.1 Å². The molecule has 0 saturated carbocycles. The van der Waals surface area contributed by atoms with E-state index in [9.17, 15) is 4.39 Å². The number of nitrogens with one attached hydrogen (secondary N) is 1. The van der Waals surface area contributed by atoms with Gasteiger partial charge in [-0.3, -0.25) is 4.98 Å². The number of pyridine rings is 1. The number of nitrogen functional groups attached to an aromatic ring is 1. The lowest BCUT2D eigenvalue weighted by molar-refractivity contribution is 0.627. The second-order valence-electron chi connectivity index (χ2n) is 3.67. The summed E-state index contributed by atoms with van der Waals surface area (Å²) in [6.45, 7) is 1.83. The quantitative estimate of drug-likeness (QED) is 0.890. The minimum atomic E-state index is -0.255. The molecule has 0 aliphatic heterocycles. The molecule has 0 amide bonds. The first-order chi connectivity index (χ1) is 8.08. The molecule has 2 aromatic rings. The van der Waals surface area contributed by atoms with Crippen molar-refractivity contribution >= 4 is 33.0 Å². The largest absolute Gasteiger partial charge is 0.396 e. The molecule has 0 spiro atoms. The molecule has 0 atom stereocenters. The van der Waals surface area contributed by atoms with E-state index in [2.05, 4.69) is 26.2 Å². The first kappa shape index (κ1) is 11.9. The van der Waals surface area contributed by atoms with E-state index in [4.69, 9.17) is 5.73 Å². The molecule has 1 heterocycles. The van der Waals surface area contributed by atoms with Gasteiger partial charge in [-0.05, 0) is 46.6 Å². The SMILES string of the molecule is Cc1cc(F)ccc1Nc1c(N)cncc1Br. The summed E-state index contributed by atoms with van der Waals surface area (Å²) in [5, 5.41) is 3.16. The molecule has 1 aromatic heterocycles. The molecule has 0 fully saturated rings. The van der Waals surface area contributed by atoms with Crippen molar-refractivity contribution in [3.05, 3.63) is 46.4 Å². The van der Waals surface area contributed by atoms with Crippen LogP contribution in [0.4, 0.5) is 21.5 Å². The third-order valence-electron chi connectivity index (χ3n) is 2.38. The predicted molar refractivity (Wildman–Crippen MR) is 70.8 cm³/mol. The molecule has 88 valence electrons. The Balaban J connectivity index is 2.38. The van der Waals surface area contributed by atoms with E-state index in [0.717, 1.165) is 21.4 Å². The number of nitrogens with zero attached hydrogens (tertiary/aromatic N) is 1. The number of hydrogen-bond donors (Lipinski definition) is 2. The minimum absolute atomic E-state index is 0.255. The summed E-state index contributed by atoms with van der Waals surface area (Å²) in [5.41, 5.74) is 8.71. The first-order valence-electron chi connectivity index (χ1n) is 5.00. The molecule has 3 N–H and O–H groups in total. The topological polar surface area (TPSA) is 50.9 Å². The lowest BCUT2D eigenvalue weighted by Crippen LogP contribution is -1.99. The fraction of sp³-hybridized carbons (Fsp3) is 0.0833. The number of aromatic nitrogens is 1. The molecule has 0 radical (unpaired) electrons. The molecular weight excluding hydrogens is 285 g/mol. The highest BCUT2D eigenvalue weighted by Gasteiger charge is 2.07. The molecule has 0 aliphatic rings. The van der Waals surface area contributed by atoms with Crippen molar-refractivity contribution < 1.29 is 4.39 Å². The number of nitrogens with two attached hydrogens (primary N) is 1. The van der Waals surface area contributed by atoms with Gasteiger partial charge in [0.1, 0.15) is 5.82 Å². The number of anilines is 3. The van der Waals surface area contributed by atoms with Crippen LogP contribution in [-0.2, 0) is 0 Å². The molecular formula is C12H11BrFN3. The number of aryl methyl sites for hydroxylation is 1. The first-order valence-corrected chi connectivity index (χ1v) is 5.79. The van der Waals surface area contributed by atoms with Gasteiger partial charge in [0.05, 0.1) is 22.0 Å². The normalized spacial score (nSPS) is 10.3. The van der Waals surface area contributed by atoms with Crippen LogP contribution >= 0.6 is 15.9 Å². The second-order valence-corrected chi connectivity index (χ2v) is 4.52. The molecule has 1 aromatic carbocycles. The van der Waals surface area contributed by atoms with Crippen molar-refractivity contribution in [2.75, 3.05) is 11.1 Å². The highest BCUT2D eigenvalue weighted by molar-refractivity contribution is 9.10. The number of hydrogen-bond acceptors (Lipinski definition) is 3. The molecule has 0 bridgehead atoms. The van der Waals surface area contributed by atoms with E-state index in [0.29, 0.717) is 5.69 Å². The van der Waals surface area contributed by atoms with E-state index in [1.54, 1.807) is 18.5 Å². The maximum Gasteiger partial charge on any atom is 0.123 e. The van der Waals surface area contributed by atoms with Crippen LogP contribution in [0.5, 0.6) is 0 Å². The van der Waals surface area contributed by atoms with Gasteiger partial charge in [0.25, 0.3) is 0 Å². The van der Waals surface area contributed by atoms with Gasteiger partial charge < -0.3 is 11.1 Å². The van der Waals surface area contributed by atoms with Gasteiger partial charge in [-0.2, -0.15) is 0 Å². The fourth-order valence-electron chi connectivity index (χ4n) is 1.48. The Morgan fingerprint density at radius 3 is 2.76 bits per heavy atom. The third kappa shape index (κ3) is 2.55. The van der Waals surface area contributed by atoms with Gasteiger partial charge in [0, 0.05) is 11.9 Å². The lowest BCUT2D eigenvalue weighted by atomic mass is 10.2. The summed E-state index contributed by atoms with van der Waals surface area (Å²) in [4.78, 5) is 3.95. The molecule has 5 heteroatoms. The highest BCUT2D eigenvalue weighted by atomic mass is 79.9. The van der Waals surface area contributed by atoms with Crippen molar-refractivity contribution in [3.63, 3.8) is 0 Å². The van der Waals surface area contributed by atoms with Crippen molar-refractivity contribution in [3.8, 4) is 0 Å². The molecule has 2 rings (SSSR count). The predicted octanol–water partition coefficient (Wildman–Crippen LogP) is 3.62. The van der Waals surface area contributed by atoms with Crippen LogP contribution in [-0.4, -0.2) is 4.98 Å². The summed E-state index contributed by atoms with van der Waals surface area (Å²) in [5.74, 6) is -0.255. The van der Waals surface area contributed by atoms with Crippen LogP contribution < -0.4 is 11.1 Å². The van der Waals surface area contributed by atoms with Crippen molar-refractivity contribution in [1.82, 2.24) is 4.98 Å². The van der Waals surface area contributed by atoms with Crippen LogP contribution in [0, 0.1) is 12.7 Å². The Labute approximate surface area is 107 Å². The molecule has 0 aliphatic carbocycles. The second kappa shape index (κ2) is 4.71. The lowest BCUT2D eigenvalue weighted by Gasteiger charge is -2.12. The summed E-state index contributed by atoms with van der Waals surface area (Å²) < 4.78 is 13.7. The maximum atomic E-state index is 13.0. The smallest absolute Gasteiger partial charge is 0.123 e. The van der Waals surface area contributed by atoms with Crippen molar-refractivity contribution in [2.45, 2.75) is 6.92 Å². The summed E-state index contributed by atoms with van der Waals surface area (Å²) in [7, 11) is 0. The Bertz CT molecular complexity index is 537. The zero-order chi connectivity index (χ0) is 12.4. The van der Waals surface area contributed by atoms with Gasteiger partial charge in [-0.1, -0.05) is 0 Å². The van der Waals surface area contributed by atoms with Gasteiger partial charge in [-0.25, -0.2) is 4.39 Å². The Kier molecular flexibility index (Phi) is 3.28. The fourth-order valence-corrected chi connectivity index (χ4v) is 1.93. The molecule has 17 heavy (non-hydrogen) atoms. The minimum Gasteiger partial charge on any atom is -0.396 e. The van der Waals surface area contributed by atoms with Crippen LogP contribution in [0.3, 0.4) is 0 Å². The highest BCUT2D eigenvalue weighted by Crippen LogP contribution is 2.31. The maximum absolute atomic E-state index is 13.0. The average Bonchev–Trinajstić information content (AvgIpc) is 2.26.